The number of oxazole rings is 1. The van der Waals surface area contributed by atoms with E-state index in [9.17, 15) is 14.4 Å². The van der Waals surface area contributed by atoms with Crippen LogP contribution in [0.5, 0.6) is 0 Å². The number of benzene rings is 1. The fourth-order valence-corrected chi connectivity index (χ4v) is 4.70. The summed E-state index contributed by atoms with van der Waals surface area (Å²) in [6.07, 6.45) is 8.14. The lowest BCUT2D eigenvalue weighted by molar-refractivity contribution is -0.132. The number of aryl methyl sites for hydroxylation is 1. The van der Waals surface area contributed by atoms with Gasteiger partial charge in [0.25, 0.3) is 5.91 Å². The molecule has 0 atom stereocenters. The van der Waals surface area contributed by atoms with Gasteiger partial charge in [0, 0.05) is 30.0 Å². The highest BCUT2D eigenvalue weighted by Crippen LogP contribution is 2.24. The Bertz CT molecular complexity index is 1210. The Labute approximate surface area is 184 Å². The highest BCUT2D eigenvalue weighted by atomic mass is 16.4. The highest BCUT2D eigenvalue weighted by molar-refractivity contribution is 6.04. The predicted molar refractivity (Wildman–Crippen MR) is 119 cm³/mol. The minimum Gasteiger partial charge on any atom is -0.408 e. The maximum atomic E-state index is 12.9. The minimum absolute atomic E-state index is 0.0733. The van der Waals surface area contributed by atoms with Gasteiger partial charge in [-0.2, -0.15) is 5.10 Å². The van der Waals surface area contributed by atoms with Crippen LogP contribution in [0.15, 0.2) is 27.4 Å². The Morgan fingerprint density at radius 2 is 1.84 bits per heavy atom. The number of aromatic nitrogens is 3. The average molecular weight is 438 g/mol. The van der Waals surface area contributed by atoms with Crippen LogP contribution < -0.4 is 11.1 Å². The summed E-state index contributed by atoms with van der Waals surface area (Å²) in [7, 11) is 0. The average Bonchev–Trinajstić information content (AvgIpc) is 3.25. The lowest BCUT2D eigenvalue weighted by Gasteiger charge is -2.26. The van der Waals surface area contributed by atoms with E-state index in [4.69, 9.17) is 4.42 Å². The van der Waals surface area contributed by atoms with Crippen molar-refractivity contribution in [3.05, 3.63) is 45.7 Å². The van der Waals surface area contributed by atoms with Crippen molar-refractivity contribution < 1.29 is 14.0 Å². The maximum Gasteiger partial charge on any atom is 0.420 e. The zero-order chi connectivity index (χ0) is 22.1. The number of carbonyl (C=O) groups is 2. The smallest absolute Gasteiger partial charge is 0.408 e. The number of hydrogen-bond acceptors (Lipinski definition) is 5. The van der Waals surface area contributed by atoms with Crippen molar-refractivity contribution in [1.29, 1.82) is 0 Å². The Morgan fingerprint density at radius 1 is 1.06 bits per heavy atom. The molecule has 0 spiro atoms. The van der Waals surface area contributed by atoms with E-state index in [0.717, 1.165) is 75.7 Å². The fraction of sp³-hybridized carbons (Fsp3) is 0.478. The van der Waals surface area contributed by atoms with Crippen LogP contribution in [0, 0.1) is 0 Å². The molecule has 5 rings (SSSR count). The van der Waals surface area contributed by atoms with Gasteiger partial charge in [-0.3, -0.25) is 19.3 Å². The molecule has 2 aliphatic rings. The number of fused-ring (bicyclic) bond motifs is 2. The Balaban J connectivity index is 1.38. The standard InChI is InChI=1S/C23H27N5O4/c29-20(27-11-5-2-6-12-27)14-28-18-13-15(9-10-19(18)32-23(28)31)24-22(30)21-16-7-3-1-4-8-17(16)25-26-21/h9-10,13H,1-8,11-12,14H2,(H,24,30)(H,25,26). The molecule has 1 aromatic carbocycles. The number of amides is 2. The number of carbonyl (C=O) groups excluding carboxylic acids is 2. The van der Waals surface area contributed by atoms with Crippen LogP contribution in [0.3, 0.4) is 0 Å². The molecule has 168 valence electrons. The molecule has 1 fully saturated rings. The number of nitrogens with one attached hydrogen (secondary N) is 2. The zero-order valence-corrected chi connectivity index (χ0v) is 18.0. The summed E-state index contributed by atoms with van der Waals surface area (Å²) in [4.78, 5) is 39.8. The molecule has 0 bridgehead atoms. The van der Waals surface area contributed by atoms with E-state index in [0.29, 0.717) is 22.5 Å². The van der Waals surface area contributed by atoms with Gasteiger partial charge >= 0.3 is 5.76 Å². The van der Waals surface area contributed by atoms with Gasteiger partial charge in [0.1, 0.15) is 6.54 Å². The third-order valence-corrected chi connectivity index (χ3v) is 6.45. The minimum atomic E-state index is -0.577. The molecule has 1 aliphatic carbocycles. The second-order valence-corrected chi connectivity index (χ2v) is 8.62. The van der Waals surface area contributed by atoms with E-state index in [2.05, 4.69) is 15.5 Å². The summed E-state index contributed by atoms with van der Waals surface area (Å²) in [6.45, 7) is 1.37. The number of hydrogen-bond donors (Lipinski definition) is 2. The predicted octanol–water partition coefficient (Wildman–Crippen LogP) is 2.85. The third kappa shape index (κ3) is 3.94. The quantitative estimate of drug-likeness (QED) is 0.610. The van der Waals surface area contributed by atoms with Gasteiger partial charge in [-0.1, -0.05) is 6.42 Å². The van der Waals surface area contributed by atoms with Gasteiger partial charge in [-0.05, 0) is 63.1 Å². The van der Waals surface area contributed by atoms with E-state index in [1.165, 1.54) is 4.57 Å². The number of piperidine rings is 1. The van der Waals surface area contributed by atoms with Gasteiger partial charge < -0.3 is 14.6 Å². The molecular weight excluding hydrogens is 410 g/mol. The Kier molecular flexibility index (Phi) is 5.55. The molecule has 0 radical (unpaired) electrons. The molecule has 9 nitrogen and oxygen atoms in total. The molecule has 0 saturated carbocycles. The number of aromatic amines is 1. The van der Waals surface area contributed by atoms with E-state index in [-0.39, 0.29) is 18.4 Å². The van der Waals surface area contributed by atoms with Crippen molar-refractivity contribution >= 4 is 28.6 Å². The largest absolute Gasteiger partial charge is 0.420 e. The van der Waals surface area contributed by atoms with Crippen LogP contribution in [0.25, 0.3) is 11.1 Å². The van der Waals surface area contributed by atoms with Crippen LogP contribution >= 0.6 is 0 Å². The normalized spacial score (nSPS) is 16.6. The summed E-state index contributed by atoms with van der Waals surface area (Å²) < 4.78 is 6.65. The summed E-state index contributed by atoms with van der Waals surface area (Å²) in [6, 6.07) is 5.00. The van der Waals surface area contributed by atoms with E-state index >= 15 is 0 Å². The summed E-state index contributed by atoms with van der Waals surface area (Å²) in [5.41, 5.74) is 3.85. The monoisotopic (exact) mass is 437 g/mol. The zero-order valence-electron chi connectivity index (χ0n) is 18.0. The van der Waals surface area contributed by atoms with Crippen molar-refractivity contribution in [3.8, 4) is 0 Å². The van der Waals surface area contributed by atoms with Crippen molar-refractivity contribution in [1.82, 2.24) is 19.7 Å². The fourth-order valence-electron chi connectivity index (χ4n) is 4.70. The number of anilines is 1. The lowest BCUT2D eigenvalue weighted by atomic mass is 10.1. The van der Waals surface area contributed by atoms with Crippen LogP contribution in [0.1, 0.15) is 60.3 Å². The molecule has 32 heavy (non-hydrogen) atoms. The van der Waals surface area contributed by atoms with Gasteiger partial charge in [0.2, 0.25) is 5.91 Å². The molecule has 2 N–H and O–H groups in total. The van der Waals surface area contributed by atoms with Crippen LogP contribution in [0.4, 0.5) is 5.69 Å². The molecule has 1 aliphatic heterocycles. The first kappa shape index (κ1) is 20.5. The second-order valence-electron chi connectivity index (χ2n) is 8.62. The number of nitrogens with zero attached hydrogens (tertiary/aromatic N) is 3. The topological polar surface area (TPSA) is 113 Å². The molecule has 0 unspecified atom stereocenters. The van der Waals surface area contributed by atoms with Crippen LogP contribution in [0.2, 0.25) is 0 Å². The number of H-pyrrole nitrogens is 1. The number of likely N-dealkylation sites (tertiary alicyclic amines) is 1. The first-order valence-corrected chi connectivity index (χ1v) is 11.4. The van der Waals surface area contributed by atoms with Crippen molar-refractivity contribution in [2.75, 3.05) is 18.4 Å². The summed E-state index contributed by atoms with van der Waals surface area (Å²) in [5.74, 6) is -0.958. The van der Waals surface area contributed by atoms with E-state index < -0.39 is 5.76 Å². The highest BCUT2D eigenvalue weighted by Gasteiger charge is 2.22. The van der Waals surface area contributed by atoms with Gasteiger partial charge in [-0.15, -0.1) is 0 Å². The molecule has 3 aromatic rings. The molecule has 1 saturated heterocycles. The Hall–Kier alpha value is -3.36. The summed E-state index contributed by atoms with van der Waals surface area (Å²) in [5, 5.41) is 10.2. The van der Waals surface area contributed by atoms with Gasteiger partial charge in [-0.25, -0.2) is 4.79 Å². The molecule has 3 heterocycles. The molecule has 9 heteroatoms. The first-order valence-electron chi connectivity index (χ1n) is 11.4. The number of rotatable bonds is 4. The first-order chi connectivity index (χ1) is 15.6. The van der Waals surface area contributed by atoms with Crippen molar-refractivity contribution in [2.24, 2.45) is 0 Å². The summed E-state index contributed by atoms with van der Waals surface area (Å²) >= 11 is 0. The lowest BCUT2D eigenvalue weighted by Crippen LogP contribution is -2.39. The third-order valence-electron chi connectivity index (χ3n) is 6.45. The molecular formula is C23H27N5O4. The van der Waals surface area contributed by atoms with Crippen molar-refractivity contribution in [2.45, 2.75) is 57.9 Å². The van der Waals surface area contributed by atoms with Gasteiger partial charge in [0.05, 0.1) is 5.52 Å². The van der Waals surface area contributed by atoms with Crippen molar-refractivity contribution in [3.63, 3.8) is 0 Å². The second kappa shape index (κ2) is 8.64. The SMILES string of the molecule is O=C(Nc1ccc2oc(=O)n(CC(=O)N3CCCCC3)c2c1)c1n[nH]c2c1CCCCC2. The van der Waals surface area contributed by atoms with Crippen LogP contribution in [-0.4, -0.2) is 44.6 Å². The van der Waals surface area contributed by atoms with E-state index in [1.807, 2.05) is 0 Å². The Morgan fingerprint density at radius 3 is 2.69 bits per heavy atom. The molecule has 2 aromatic heterocycles. The maximum absolute atomic E-state index is 12.9. The van der Waals surface area contributed by atoms with Gasteiger partial charge in [0.15, 0.2) is 11.3 Å². The molecule has 2 amide bonds. The van der Waals surface area contributed by atoms with E-state index in [1.54, 1.807) is 23.1 Å². The van der Waals surface area contributed by atoms with Crippen LogP contribution in [-0.2, 0) is 24.2 Å².